The van der Waals surface area contributed by atoms with Crippen LogP contribution in [0.4, 0.5) is 0 Å². The van der Waals surface area contributed by atoms with E-state index in [4.69, 9.17) is 0 Å². The molecule has 0 fully saturated rings. The minimum absolute atomic E-state index is 1.14. The Labute approximate surface area is 75.1 Å². The molecule has 1 heterocycles. The van der Waals surface area contributed by atoms with Crippen molar-refractivity contribution >= 4 is 0 Å². The lowest BCUT2D eigenvalue weighted by molar-refractivity contribution is -0.697. The van der Waals surface area contributed by atoms with Crippen molar-refractivity contribution in [2.24, 2.45) is 0 Å². The summed E-state index contributed by atoms with van der Waals surface area (Å²) in [6, 6.07) is 4.34. The largest absolute Gasteiger partial charge is 0.205 e. The van der Waals surface area contributed by atoms with E-state index in [0.717, 1.165) is 6.54 Å². The van der Waals surface area contributed by atoms with E-state index in [1.54, 1.807) is 0 Å². The van der Waals surface area contributed by atoms with Crippen molar-refractivity contribution in [2.45, 2.75) is 39.7 Å². The first-order chi connectivity index (χ1) is 5.86. The summed E-state index contributed by atoms with van der Waals surface area (Å²) in [4.78, 5) is 0. The molecule has 0 aliphatic heterocycles. The molecule has 0 aliphatic rings. The molecule has 1 nitrogen and oxygen atoms in total. The highest BCUT2D eigenvalue weighted by Crippen LogP contribution is 1.98. The summed E-state index contributed by atoms with van der Waals surface area (Å²) in [5.41, 5.74) is 1.45. The van der Waals surface area contributed by atoms with Gasteiger partial charge in [-0.1, -0.05) is 20.3 Å². The summed E-state index contributed by atoms with van der Waals surface area (Å²) in [6.45, 7) is 5.56. The quantitative estimate of drug-likeness (QED) is 0.601. The Kier molecular flexibility index (Phi) is 3.78. The van der Waals surface area contributed by atoms with E-state index in [0.29, 0.717) is 0 Å². The zero-order valence-electron chi connectivity index (χ0n) is 8.09. The van der Waals surface area contributed by atoms with Crippen molar-refractivity contribution in [3.8, 4) is 0 Å². The Morgan fingerprint density at radius 1 is 1.25 bits per heavy atom. The molecule has 0 radical (unpaired) electrons. The second kappa shape index (κ2) is 4.91. The SMILES string of the molecule is CCCc1ccc[n+](CCC)c1. The first-order valence-corrected chi connectivity index (χ1v) is 4.84. The predicted octanol–water partition coefficient (Wildman–Crippen LogP) is 2.34. The van der Waals surface area contributed by atoms with Crippen molar-refractivity contribution in [1.82, 2.24) is 0 Å². The van der Waals surface area contributed by atoms with E-state index in [-0.39, 0.29) is 0 Å². The second-order valence-electron chi connectivity index (χ2n) is 3.20. The van der Waals surface area contributed by atoms with Gasteiger partial charge in [0.15, 0.2) is 12.4 Å². The molecule has 1 heteroatoms. The Balaban J connectivity index is 2.67. The normalized spacial score (nSPS) is 10.2. The predicted molar refractivity (Wildman–Crippen MR) is 50.9 cm³/mol. The van der Waals surface area contributed by atoms with E-state index >= 15 is 0 Å². The van der Waals surface area contributed by atoms with E-state index in [2.05, 4.69) is 42.9 Å². The van der Waals surface area contributed by atoms with Crippen LogP contribution in [0.25, 0.3) is 0 Å². The monoisotopic (exact) mass is 164 g/mol. The Morgan fingerprint density at radius 2 is 2.08 bits per heavy atom. The highest BCUT2D eigenvalue weighted by Gasteiger charge is 1.99. The smallest absolute Gasteiger partial charge is 0.171 e. The van der Waals surface area contributed by atoms with Gasteiger partial charge in [0.2, 0.25) is 0 Å². The number of aromatic nitrogens is 1. The van der Waals surface area contributed by atoms with Gasteiger partial charge in [0, 0.05) is 18.1 Å². The van der Waals surface area contributed by atoms with Crippen LogP contribution in [0.3, 0.4) is 0 Å². The fourth-order valence-electron chi connectivity index (χ4n) is 1.41. The number of aryl methyl sites for hydroxylation is 2. The molecule has 1 aromatic heterocycles. The molecule has 66 valence electrons. The van der Waals surface area contributed by atoms with Crippen LogP contribution in [0.2, 0.25) is 0 Å². The molecule has 0 amide bonds. The van der Waals surface area contributed by atoms with Crippen LogP contribution in [0.1, 0.15) is 32.3 Å². The van der Waals surface area contributed by atoms with Crippen LogP contribution in [0.5, 0.6) is 0 Å². The topological polar surface area (TPSA) is 3.88 Å². The van der Waals surface area contributed by atoms with Crippen molar-refractivity contribution < 1.29 is 4.57 Å². The van der Waals surface area contributed by atoms with Crippen LogP contribution in [0, 0.1) is 0 Å². The number of nitrogens with zero attached hydrogens (tertiary/aromatic N) is 1. The van der Waals surface area contributed by atoms with Gasteiger partial charge in [-0.15, -0.1) is 0 Å². The van der Waals surface area contributed by atoms with Crippen LogP contribution < -0.4 is 4.57 Å². The van der Waals surface area contributed by atoms with E-state index in [1.165, 1.54) is 24.8 Å². The van der Waals surface area contributed by atoms with Crippen LogP contribution in [0.15, 0.2) is 24.5 Å². The third kappa shape index (κ3) is 2.65. The molecule has 0 aliphatic carbocycles. The minimum Gasteiger partial charge on any atom is -0.205 e. The zero-order valence-corrected chi connectivity index (χ0v) is 8.09. The first kappa shape index (κ1) is 9.24. The van der Waals surface area contributed by atoms with Gasteiger partial charge in [-0.3, -0.25) is 0 Å². The number of hydrogen-bond donors (Lipinski definition) is 0. The van der Waals surface area contributed by atoms with Gasteiger partial charge >= 0.3 is 0 Å². The molecule has 0 bridgehead atoms. The molecule has 0 spiro atoms. The van der Waals surface area contributed by atoms with Gasteiger partial charge < -0.3 is 0 Å². The lowest BCUT2D eigenvalue weighted by Crippen LogP contribution is -2.32. The van der Waals surface area contributed by atoms with Crippen LogP contribution in [-0.2, 0) is 13.0 Å². The molecule has 1 aromatic rings. The fourth-order valence-corrected chi connectivity index (χ4v) is 1.41. The molecule has 0 saturated heterocycles. The lowest BCUT2D eigenvalue weighted by atomic mass is 10.2. The average Bonchev–Trinajstić information content (AvgIpc) is 2.06. The van der Waals surface area contributed by atoms with Crippen LogP contribution in [-0.4, -0.2) is 0 Å². The molecule has 0 unspecified atom stereocenters. The molecular weight excluding hydrogens is 146 g/mol. The lowest BCUT2D eigenvalue weighted by Gasteiger charge is -1.97. The van der Waals surface area contributed by atoms with Crippen LogP contribution >= 0.6 is 0 Å². The third-order valence-corrected chi connectivity index (χ3v) is 1.94. The zero-order chi connectivity index (χ0) is 8.81. The van der Waals surface area contributed by atoms with Crippen molar-refractivity contribution in [3.63, 3.8) is 0 Å². The van der Waals surface area contributed by atoms with Gasteiger partial charge in [0.1, 0.15) is 6.54 Å². The molecule has 1 rings (SSSR count). The van der Waals surface area contributed by atoms with E-state index in [1.807, 2.05) is 0 Å². The average molecular weight is 164 g/mol. The Bertz CT molecular complexity index is 209. The summed E-state index contributed by atoms with van der Waals surface area (Å²) in [5.74, 6) is 0. The van der Waals surface area contributed by atoms with Gasteiger partial charge in [-0.2, -0.15) is 0 Å². The number of rotatable bonds is 4. The van der Waals surface area contributed by atoms with Gasteiger partial charge in [-0.05, 0) is 12.5 Å². The molecule has 0 saturated carbocycles. The second-order valence-corrected chi connectivity index (χ2v) is 3.20. The molecule has 0 atom stereocenters. The maximum atomic E-state index is 2.27. The summed E-state index contributed by atoms with van der Waals surface area (Å²) in [6.07, 6.45) is 8.04. The summed E-state index contributed by atoms with van der Waals surface area (Å²) in [5, 5.41) is 0. The van der Waals surface area contributed by atoms with Crippen molar-refractivity contribution in [1.29, 1.82) is 0 Å². The number of pyridine rings is 1. The molecule has 0 aromatic carbocycles. The fraction of sp³-hybridized carbons (Fsp3) is 0.545. The maximum Gasteiger partial charge on any atom is 0.171 e. The Morgan fingerprint density at radius 3 is 2.75 bits per heavy atom. The minimum atomic E-state index is 1.14. The van der Waals surface area contributed by atoms with Crippen molar-refractivity contribution in [3.05, 3.63) is 30.1 Å². The standard InChI is InChI=1S/C11H18N/c1-3-6-11-7-5-9-12(10-11)8-4-2/h5,7,9-10H,3-4,6,8H2,1-2H3/q+1. The highest BCUT2D eigenvalue weighted by atomic mass is 14.9. The van der Waals surface area contributed by atoms with Gasteiger partial charge in [0.05, 0.1) is 0 Å². The Hall–Kier alpha value is -0.850. The summed E-state index contributed by atoms with van der Waals surface area (Å²) < 4.78 is 2.27. The maximum absolute atomic E-state index is 2.27. The molecule has 0 N–H and O–H groups in total. The van der Waals surface area contributed by atoms with E-state index in [9.17, 15) is 0 Å². The summed E-state index contributed by atoms with van der Waals surface area (Å²) >= 11 is 0. The third-order valence-electron chi connectivity index (χ3n) is 1.94. The number of hydrogen-bond acceptors (Lipinski definition) is 0. The first-order valence-electron chi connectivity index (χ1n) is 4.84. The van der Waals surface area contributed by atoms with Gasteiger partial charge in [0.25, 0.3) is 0 Å². The van der Waals surface area contributed by atoms with Crippen molar-refractivity contribution in [2.75, 3.05) is 0 Å². The summed E-state index contributed by atoms with van der Waals surface area (Å²) in [7, 11) is 0. The molecular formula is C11H18N+. The molecule has 12 heavy (non-hydrogen) atoms. The van der Waals surface area contributed by atoms with E-state index < -0.39 is 0 Å². The van der Waals surface area contributed by atoms with Gasteiger partial charge in [-0.25, -0.2) is 4.57 Å². The highest BCUT2D eigenvalue weighted by molar-refractivity contribution is 5.04.